The molecule has 12 heavy (non-hydrogen) atoms. The Morgan fingerprint density at radius 2 is 2.58 bits per heavy atom. The molecule has 0 bridgehead atoms. The van der Waals surface area contributed by atoms with E-state index in [9.17, 15) is 4.79 Å². The summed E-state index contributed by atoms with van der Waals surface area (Å²) >= 11 is 0. The third kappa shape index (κ3) is 1.82. The van der Waals surface area contributed by atoms with Crippen LogP contribution in [0.3, 0.4) is 0 Å². The van der Waals surface area contributed by atoms with Crippen LogP contribution in [0.2, 0.25) is 0 Å². The molecule has 1 heterocycles. The summed E-state index contributed by atoms with van der Waals surface area (Å²) in [6.45, 7) is 1.86. The van der Waals surface area contributed by atoms with Crippen LogP contribution in [0.4, 0.5) is 0 Å². The Kier molecular flexibility index (Phi) is 2.82. The maximum Gasteiger partial charge on any atom is 0.356 e. The highest BCUT2D eigenvalue weighted by Crippen LogP contribution is 2.00. The monoisotopic (exact) mass is 170 g/mol. The molecule has 66 valence electrons. The van der Waals surface area contributed by atoms with Gasteiger partial charge in [0.2, 0.25) is 0 Å². The van der Waals surface area contributed by atoms with Crippen LogP contribution in [-0.4, -0.2) is 27.9 Å². The highest BCUT2D eigenvalue weighted by atomic mass is 16.5. The van der Waals surface area contributed by atoms with Gasteiger partial charge in [-0.3, -0.25) is 5.10 Å². The van der Waals surface area contributed by atoms with Crippen LogP contribution in [-0.2, 0) is 11.3 Å². The van der Waals surface area contributed by atoms with Crippen molar-refractivity contribution in [3.8, 4) is 0 Å². The summed E-state index contributed by atoms with van der Waals surface area (Å²) in [5.41, 5.74) is 0.693. The first-order valence-electron chi connectivity index (χ1n) is 3.60. The number of H-pyrrole nitrogens is 1. The predicted molar refractivity (Wildman–Crippen MR) is 40.5 cm³/mol. The number of rotatable bonds is 3. The van der Waals surface area contributed by atoms with Crippen molar-refractivity contribution in [2.45, 2.75) is 13.5 Å². The van der Waals surface area contributed by atoms with Gasteiger partial charge in [-0.15, -0.1) is 0 Å². The summed E-state index contributed by atoms with van der Waals surface area (Å²) in [7, 11) is 0. The third-order valence-electron chi connectivity index (χ3n) is 1.29. The van der Waals surface area contributed by atoms with Gasteiger partial charge in [0.15, 0.2) is 0 Å². The topological polar surface area (TPSA) is 75.2 Å². The van der Waals surface area contributed by atoms with E-state index in [0.29, 0.717) is 12.3 Å². The molecule has 1 aromatic rings. The predicted octanol–water partition coefficient (Wildman–Crippen LogP) is 0.0787. The molecule has 1 rings (SSSR count). The number of aliphatic hydroxyl groups excluding tert-OH is 1. The highest BCUT2D eigenvalue weighted by molar-refractivity contribution is 5.87. The van der Waals surface area contributed by atoms with Crippen LogP contribution >= 0.6 is 0 Å². The van der Waals surface area contributed by atoms with Gasteiger partial charge in [0.25, 0.3) is 0 Å². The first kappa shape index (κ1) is 8.73. The minimum Gasteiger partial charge on any atom is -0.461 e. The van der Waals surface area contributed by atoms with Crippen molar-refractivity contribution >= 4 is 5.97 Å². The molecule has 1 aromatic heterocycles. The molecule has 5 heteroatoms. The molecular weight excluding hydrogens is 160 g/mol. The second-order valence-corrected chi connectivity index (χ2v) is 2.15. The van der Waals surface area contributed by atoms with E-state index < -0.39 is 5.97 Å². The molecule has 0 aliphatic carbocycles. The zero-order valence-electron chi connectivity index (χ0n) is 6.70. The largest absolute Gasteiger partial charge is 0.461 e. The summed E-state index contributed by atoms with van der Waals surface area (Å²) in [6, 6.07) is 1.46. The molecule has 0 aliphatic heterocycles. The van der Waals surface area contributed by atoms with Crippen molar-refractivity contribution in [3.05, 3.63) is 17.5 Å². The van der Waals surface area contributed by atoms with Gasteiger partial charge in [-0.25, -0.2) is 4.79 Å². The van der Waals surface area contributed by atoms with Crippen molar-refractivity contribution in [3.63, 3.8) is 0 Å². The molecule has 0 unspecified atom stereocenters. The maximum atomic E-state index is 11.0. The zero-order chi connectivity index (χ0) is 8.97. The highest BCUT2D eigenvalue weighted by Gasteiger charge is 2.09. The molecule has 0 radical (unpaired) electrons. The van der Waals surface area contributed by atoms with Crippen LogP contribution in [0.5, 0.6) is 0 Å². The lowest BCUT2D eigenvalue weighted by Crippen LogP contribution is -2.04. The van der Waals surface area contributed by atoms with Crippen LogP contribution < -0.4 is 0 Å². The average Bonchev–Trinajstić information content (AvgIpc) is 2.52. The van der Waals surface area contributed by atoms with E-state index in [4.69, 9.17) is 9.84 Å². The number of ether oxygens (including phenoxy) is 1. The lowest BCUT2D eigenvalue weighted by Gasteiger charge is -1.95. The maximum absolute atomic E-state index is 11.0. The first-order valence-corrected chi connectivity index (χ1v) is 3.60. The lowest BCUT2D eigenvalue weighted by atomic mass is 10.4. The van der Waals surface area contributed by atoms with Gasteiger partial charge in [0.1, 0.15) is 5.69 Å². The van der Waals surface area contributed by atoms with Crippen molar-refractivity contribution in [2.24, 2.45) is 0 Å². The number of hydrogen-bond acceptors (Lipinski definition) is 4. The zero-order valence-corrected chi connectivity index (χ0v) is 6.70. The lowest BCUT2D eigenvalue weighted by molar-refractivity contribution is 0.0519. The second-order valence-electron chi connectivity index (χ2n) is 2.15. The number of nitrogens with one attached hydrogen (secondary N) is 1. The van der Waals surface area contributed by atoms with Gasteiger partial charge in [-0.05, 0) is 13.0 Å². The molecule has 0 aromatic carbocycles. The quantitative estimate of drug-likeness (QED) is 0.630. The molecule has 0 atom stereocenters. The van der Waals surface area contributed by atoms with Crippen molar-refractivity contribution in [1.82, 2.24) is 10.2 Å². The smallest absolute Gasteiger partial charge is 0.356 e. The van der Waals surface area contributed by atoms with Gasteiger partial charge >= 0.3 is 5.97 Å². The van der Waals surface area contributed by atoms with Crippen LogP contribution in [0.1, 0.15) is 23.1 Å². The fourth-order valence-electron chi connectivity index (χ4n) is 0.758. The SMILES string of the molecule is CCOC(=O)c1cc(CO)n[nH]1. The Balaban J connectivity index is 2.68. The molecule has 0 spiro atoms. The summed E-state index contributed by atoms with van der Waals surface area (Å²) in [6.07, 6.45) is 0. The number of hydrogen-bond donors (Lipinski definition) is 2. The van der Waals surface area contributed by atoms with Crippen LogP contribution in [0, 0.1) is 0 Å². The Morgan fingerprint density at radius 1 is 1.83 bits per heavy atom. The number of nitrogens with zero attached hydrogens (tertiary/aromatic N) is 1. The number of aromatic amines is 1. The molecule has 2 N–H and O–H groups in total. The number of carbonyl (C=O) groups excluding carboxylic acids is 1. The minimum absolute atomic E-state index is 0.185. The summed E-state index contributed by atoms with van der Waals surface area (Å²) in [5, 5.41) is 14.7. The van der Waals surface area contributed by atoms with Gasteiger partial charge < -0.3 is 9.84 Å². The molecule has 0 saturated heterocycles. The summed E-state index contributed by atoms with van der Waals surface area (Å²) < 4.78 is 4.69. The van der Waals surface area contributed by atoms with Crippen LogP contribution in [0.15, 0.2) is 6.07 Å². The van der Waals surface area contributed by atoms with Gasteiger partial charge in [-0.2, -0.15) is 5.10 Å². The van der Waals surface area contributed by atoms with E-state index in [0.717, 1.165) is 0 Å². The average molecular weight is 170 g/mol. The fourth-order valence-corrected chi connectivity index (χ4v) is 0.758. The molecule has 0 fully saturated rings. The van der Waals surface area contributed by atoms with E-state index in [-0.39, 0.29) is 12.3 Å². The van der Waals surface area contributed by atoms with Crippen molar-refractivity contribution < 1.29 is 14.6 Å². The standard InChI is InChI=1S/C7H10N2O3/c1-2-12-7(11)6-3-5(4-10)8-9-6/h3,10H,2,4H2,1H3,(H,8,9). The van der Waals surface area contributed by atoms with Crippen molar-refractivity contribution in [2.75, 3.05) is 6.61 Å². The fraction of sp³-hybridized carbons (Fsp3) is 0.429. The van der Waals surface area contributed by atoms with E-state index in [2.05, 4.69) is 10.2 Å². The minimum atomic E-state index is -0.454. The molecular formula is C7H10N2O3. The molecule has 0 aliphatic rings. The number of aromatic nitrogens is 2. The number of esters is 1. The van der Waals surface area contributed by atoms with Gasteiger partial charge in [0.05, 0.1) is 18.9 Å². The number of aliphatic hydroxyl groups is 1. The van der Waals surface area contributed by atoms with E-state index in [1.807, 2.05) is 0 Å². The van der Waals surface area contributed by atoms with Crippen LogP contribution in [0.25, 0.3) is 0 Å². The number of carbonyl (C=O) groups is 1. The Bertz CT molecular complexity index is 269. The first-order chi connectivity index (χ1) is 5.77. The normalized spacial score (nSPS) is 9.83. The van der Waals surface area contributed by atoms with E-state index in [1.54, 1.807) is 6.92 Å². The summed E-state index contributed by atoms with van der Waals surface area (Å²) in [4.78, 5) is 11.0. The Hall–Kier alpha value is -1.36. The molecule has 0 amide bonds. The summed E-state index contributed by atoms with van der Waals surface area (Å²) in [5.74, 6) is -0.454. The van der Waals surface area contributed by atoms with E-state index in [1.165, 1.54) is 6.07 Å². The third-order valence-corrected chi connectivity index (χ3v) is 1.29. The molecule has 5 nitrogen and oxygen atoms in total. The Labute approximate surface area is 69.4 Å². The van der Waals surface area contributed by atoms with Gasteiger partial charge in [-0.1, -0.05) is 0 Å². The Morgan fingerprint density at radius 3 is 3.08 bits per heavy atom. The van der Waals surface area contributed by atoms with Gasteiger partial charge in [0, 0.05) is 0 Å². The second kappa shape index (κ2) is 3.87. The van der Waals surface area contributed by atoms with Crippen molar-refractivity contribution in [1.29, 1.82) is 0 Å². The van der Waals surface area contributed by atoms with E-state index >= 15 is 0 Å². The molecule has 0 saturated carbocycles.